The van der Waals surface area contributed by atoms with Crippen molar-refractivity contribution in [1.82, 2.24) is 4.98 Å². The van der Waals surface area contributed by atoms with Crippen molar-refractivity contribution < 1.29 is 9.90 Å². The summed E-state index contributed by atoms with van der Waals surface area (Å²) >= 11 is 0. The smallest absolute Gasteiger partial charge is 0.306 e. The quantitative estimate of drug-likeness (QED) is 0.807. The third-order valence-electron chi connectivity index (χ3n) is 3.28. The largest absolute Gasteiger partial charge is 0.481 e. The molecule has 3 N–H and O–H groups in total. The molecule has 1 fully saturated rings. The zero-order valence-electron chi connectivity index (χ0n) is 9.89. The Bertz CT molecular complexity index is 426. The number of rotatable bonds is 2. The highest BCUT2D eigenvalue weighted by Gasteiger charge is 2.25. The number of nitrogen functional groups attached to an aromatic ring is 1. The fourth-order valence-electron chi connectivity index (χ4n) is 2.09. The van der Waals surface area contributed by atoms with Crippen molar-refractivity contribution in [2.24, 2.45) is 5.92 Å². The van der Waals surface area contributed by atoms with Crippen LogP contribution in [0.3, 0.4) is 0 Å². The normalized spacial score (nSPS) is 17.1. The molecule has 1 saturated heterocycles. The summed E-state index contributed by atoms with van der Waals surface area (Å²) in [7, 11) is 0. The summed E-state index contributed by atoms with van der Waals surface area (Å²) in [5.74, 6) is -0.00670. The van der Waals surface area contributed by atoms with Crippen LogP contribution in [-0.2, 0) is 4.79 Å². The van der Waals surface area contributed by atoms with Gasteiger partial charge in [-0.05, 0) is 31.9 Å². The first-order valence-corrected chi connectivity index (χ1v) is 5.79. The number of aromatic nitrogens is 1. The molecule has 92 valence electrons. The summed E-state index contributed by atoms with van der Waals surface area (Å²) in [5, 5.41) is 8.92. The van der Waals surface area contributed by atoms with Gasteiger partial charge >= 0.3 is 5.97 Å². The number of pyridine rings is 1. The van der Waals surface area contributed by atoms with Gasteiger partial charge in [0.25, 0.3) is 0 Å². The summed E-state index contributed by atoms with van der Waals surface area (Å²) < 4.78 is 0. The number of hydrogen-bond donors (Lipinski definition) is 2. The molecule has 1 aromatic heterocycles. The second kappa shape index (κ2) is 4.61. The Morgan fingerprint density at radius 1 is 1.47 bits per heavy atom. The number of aliphatic carboxylic acids is 1. The van der Waals surface area contributed by atoms with E-state index in [2.05, 4.69) is 9.88 Å². The van der Waals surface area contributed by atoms with Crippen LogP contribution in [0, 0.1) is 12.8 Å². The predicted molar refractivity (Wildman–Crippen MR) is 66.0 cm³/mol. The molecule has 0 unspecified atom stereocenters. The van der Waals surface area contributed by atoms with Crippen LogP contribution in [-0.4, -0.2) is 29.1 Å². The Labute approximate surface area is 100 Å². The minimum Gasteiger partial charge on any atom is -0.481 e. The predicted octanol–water partition coefficient (Wildman–Crippen LogP) is 1.27. The van der Waals surface area contributed by atoms with Crippen LogP contribution in [0.4, 0.5) is 11.5 Å². The highest BCUT2D eigenvalue weighted by Crippen LogP contribution is 2.23. The fraction of sp³-hybridized carbons (Fsp3) is 0.500. The third kappa shape index (κ3) is 2.49. The van der Waals surface area contributed by atoms with Gasteiger partial charge in [-0.25, -0.2) is 4.98 Å². The van der Waals surface area contributed by atoms with Gasteiger partial charge in [0.05, 0.1) is 17.3 Å². The average molecular weight is 235 g/mol. The lowest BCUT2D eigenvalue weighted by Crippen LogP contribution is -2.36. The van der Waals surface area contributed by atoms with Crippen molar-refractivity contribution in [3.05, 3.63) is 17.8 Å². The Morgan fingerprint density at radius 3 is 2.65 bits per heavy atom. The molecule has 17 heavy (non-hydrogen) atoms. The maximum atomic E-state index is 10.8. The van der Waals surface area contributed by atoms with Crippen LogP contribution < -0.4 is 10.6 Å². The Morgan fingerprint density at radius 2 is 2.12 bits per heavy atom. The van der Waals surface area contributed by atoms with E-state index in [1.807, 2.05) is 19.1 Å². The van der Waals surface area contributed by atoms with Crippen LogP contribution in [0.2, 0.25) is 0 Å². The number of hydrogen-bond acceptors (Lipinski definition) is 4. The topological polar surface area (TPSA) is 79.5 Å². The summed E-state index contributed by atoms with van der Waals surface area (Å²) in [6, 6.07) is 3.74. The number of nitrogens with two attached hydrogens (primary N) is 1. The molecule has 2 heterocycles. The fourth-order valence-corrected chi connectivity index (χ4v) is 2.09. The molecule has 5 nitrogen and oxygen atoms in total. The van der Waals surface area contributed by atoms with Crippen molar-refractivity contribution in [1.29, 1.82) is 0 Å². The lowest BCUT2D eigenvalue weighted by Gasteiger charge is -2.31. The Kier molecular flexibility index (Phi) is 3.17. The van der Waals surface area contributed by atoms with Gasteiger partial charge in [-0.15, -0.1) is 0 Å². The highest BCUT2D eigenvalue weighted by molar-refractivity contribution is 5.70. The Balaban J connectivity index is 2.05. The second-order valence-corrected chi connectivity index (χ2v) is 4.44. The van der Waals surface area contributed by atoms with Crippen LogP contribution in [0.5, 0.6) is 0 Å². The number of piperidine rings is 1. The van der Waals surface area contributed by atoms with E-state index in [9.17, 15) is 4.79 Å². The van der Waals surface area contributed by atoms with Gasteiger partial charge in [-0.1, -0.05) is 0 Å². The summed E-state index contributed by atoms with van der Waals surface area (Å²) in [5.41, 5.74) is 7.23. The van der Waals surface area contributed by atoms with Crippen molar-refractivity contribution in [2.45, 2.75) is 19.8 Å². The number of carbonyl (C=O) groups is 1. The van der Waals surface area contributed by atoms with Crippen molar-refractivity contribution in [3.63, 3.8) is 0 Å². The molecule has 5 heteroatoms. The van der Waals surface area contributed by atoms with Gasteiger partial charge in [0, 0.05) is 13.1 Å². The summed E-state index contributed by atoms with van der Waals surface area (Å²) in [6.07, 6.45) is 1.36. The van der Waals surface area contributed by atoms with Gasteiger partial charge in [0.1, 0.15) is 5.82 Å². The van der Waals surface area contributed by atoms with Crippen LogP contribution >= 0.6 is 0 Å². The number of aryl methyl sites for hydroxylation is 1. The van der Waals surface area contributed by atoms with Gasteiger partial charge in [0.15, 0.2) is 0 Å². The van der Waals surface area contributed by atoms with E-state index >= 15 is 0 Å². The second-order valence-electron chi connectivity index (χ2n) is 4.44. The van der Waals surface area contributed by atoms with Gasteiger partial charge < -0.3 is 15.7 Å². The molecular weight excluding hydrogens is 218 g/mol. The number of carboxylic acid groups (broad SMARTS) is 1. The SMILES string of the molecule is Cc1nc(N2CCC(C(=O)O)CC2)ccc1N. The first-order valence-electron chi connectivity index (χ1n) is 5.79. The van der Waals surface area contributed by atoms with Gasteiger partial charge in [-0.3, -0.25) is 4.79 Å². The Hall–Kier alpha value is -1.78. The van der Waals surface area contributed by atoms with E-state index in [1.165, 1.54) is 0 Å². The molecule has 1 aliphatic heterocycles. The van der Waals surface area contributed by atoms with Crippen LogP contribution in [0.15, 0.2) is 12.1 Å². The molecule has 0 aromatic carbocycles. The maximum absolute atomic E-state index is 10.8. The van der Waals surface area contributed by atoms with Crippen molar-refractivity contribution >= 4 is 17.5 Å². The van der Waals surface area contributed by atoms with Crippen LogP contribution in [0.25, 0.3) is 0 Å². The van der Waals surface area contributed by atoms with Gasteiger partial charge in [0.2, 0.25) is 0 Å². The number of nitrogens with zero attached hydrogens (tertiary/aromatic N) is 2. The lowest BCUT2D eigenvalue weighted by molar-refractivity contribution is -0.142. The number of anilines is 2. The minimum atomic E-state index is -0.689. The van der Waals surface area contributed by atoms with E-state index in [0.29, 0.717) is 18.5 Å². The summed E-state index contributed by atoms with van der Waals surface area (Å²) in [4.78, 5) is 17.4. The molecule has 2 rings (SSSR count). The van der Waals surface area contributed by atoms with E-state index in [1.54, 1.807) is 0 Å². The molecule has 0 atom stereocenters. The molecule has 0 bridgehead atoms. The standard InChI is InChI=1S/C12H17N3O2/c1-8-10(13)2-3-11(14-8)15-6-4-9(5-7-15)12(16)17/h2-3,9H,4-7,13H2,1H3,(H,16,17). The molecular formula is C12H17N3O2. The monoisotopic (exact) mass is 235 g/mol. The molecule has 0 spiro atoms. The van der Waals surface area contributed by atoms with E-state index in [4.69, 9.17) is 10.8 Å². The number of carboxylic acids is 1. The highest BCUT2D eigenvalue weighted by atomic mass is 16.4. The average Bonchev–Trinajstić information content (AvgIpc) is 2.33. The van der Waals surface area contributed by atoms with Crippen molar-refractivity contribution in [3.8, 4) is 0 Å². The first kappa shape index (κ1) is 11.7. The maximum Gasteiger partial charge on any atom is 0.306 e. The molecule has 1 aliphatic rings. The zero-order valence-corrected chi connectivity index (χ0v) is 9.89. The van der Waals surface area contributed by atoms with E-state index in [-0.39, 0.29) is 5.92 Å². The summed E-state index contributed by atoms with van der Waals surface area (Å²) in [6.45, 7) is 3.36. The molecule has 0 saturated carbocycles. The zero-order chi connectivity index (χ0) is 12.4. The molecule has 0 amide bonds. The third-order valence-corrected chi connectivity index (χ3v) is 3.28. The minimum absolute atomic E-state index is 0.207. The van der Waals surface area contributed by atoms with E-state index in [0.717, 1.165) is 24.6 Å². The lowest BCUT2D eigenvalue weighted by atomic mass is 9.97. The molecule has 0 aliphatic carbocycles. The molecule has 1 aromatic rings. The molecule has 0 radical (unpaired) electrons. The van der Waals surface area contributed by atoms with E-state index < -0.39 is 5.97 Å². The van der Waals surface area contributed by atoms with Gasteiger partial charge in [-0.2, -0.15) is 0 Å². The van der Waals surface area contributed by atoms with Crippen LogP contribution in [0.1, 0.15) is 18.5 Å². The first-order chi connectivity index (χ1) is 8.08. The van der Waals surface area contributed by atoms with Crippen molar-refractivity contribution in [2.75, 3.05) is 23.7 Å².